The standard InChI is InChI=1S/C20H29NO4/c1-14(2)24-17-8-6-15(7-9-17)18(22)16-10-12-21(13-11-16)19(23)25-20(3,4)5/h6-9,14,16H,10-13H2,1-5H3. The summed E-state index contributed by atoms with van der Waals surface area (Å²) in [6, 6.07) is 7.31. The van der Waals surface area contributed by atoms with Gasteiger partial charge in [-0.25, -0.2) is 4.79 Å². The third kappa shape index (κ3) is 5.76. The molecule has 5 heteroatoms. The van der Waals surface area contributed by atoms with Gasteiger partial charge in [0.05, 0.1) is 6.10 Å². The maximum atomic E-state index is 12.7. The van der Waals surface area contributed by atoms with Crippen LogP contribution in [0.5, 0.6) is 5.75 Å². The molecule has 1 saturated heterocycles. The smallest absolute Gasteiger partial charge is 0.410 e. The van der Waals surface area contributed by atoms with Crippen molar-refractivity contribution < 1.29 is 19.1 Å². The fraction of sp³-hybridized carbons (Fsp3) is 0.600. The zero-order valence-corrected chi connectivity index (χ0v) is 15.9. The van der Waals surface area contributed by atoms with Gasteiger partial charge >= 0.3 is 6.09 Å². The predicted octanol–water partition coefficient (Wildman–Crippen LogP) is 4.30. The summed E-state index contributed by atoms with van der Waals surface area (Å²) in [6.07, 6.45) is 1.15. The van der Waals surface area contributed by atoms with Gasteiger partial charge in [0.15, 0.2) is 5.78 Å². The van der Waals surface area contributed by atoms with E-state index in [4.69, 9.17) is 9.47 Å². The van der Waals surface area contributed by atoms with E-state index in [9.17, 15) is 9.59 Å². The van der Waals surface area contributed by atoms with Crippen molar-refractivity contribution in [3.05, 3.63) is 29.8 Å². The Morgan fingerprint density at radius 3 is 2.12 bits per heavy atom. The van der Waals surface area contributed by atoms with E-state index >= 15 is 0 Å². The number of amides is 1. The first-order valence-electron chi connectivity index (χ1n) is 8.94. The minimum Gasteiger partial charge on any atom is -0.491 e. The number of ether oxygens (including phenoxy) is 2. The number of carbonyl (C=O) groups excluding carboxylic acids is 2. The summed E-state index contributed by atoms with van der Waals surface area (Å²) in [4.78, 5) is 26.4. The molecule has 25 heavy (non-hydrogen) atoms. The van der Waals surface area contributed by atoms with Crippen LogP contribution in [-0.4, -0.2) is 41.6 Å². The summed E-state index contributed by atoms with van der Waals surface area (Å²) in [6.45, 7) is 10.6. The number of hydrogen-bond acceptors (Lipinski definition) is 4. The lowest BCUT2D eigenvalue weighted by Crippen LogP contribution is -2.43. The molecule has 0 bridgehead atoms. The summed E-state index contributed by atoms with van der Waals surface area (Å²) >= 11 is 0. The van der Waals surface area contributed by atoms with E-state index in [0.717, 1.165) is 5.75 Å². The molecule has 1 aromatic carbocycles. The van der Waals surface area contributed by atoms with Crippen LogP contribution >= 0.6 is 0 Å². The minimum absolute atomic E-state index is 0.0458. The van der Waals surface area contributed by atoms with E-state index in [1.807, 2.05) is 58.9 Å². The summed E-state index contributed by atoms with van der Waals surface area (Å²) in [5, 5.41) is 0. The first-order chi connectivity index (χ1) is 11.7. The van der Waals surface area contributed by atoms with Gasteiger partial charge in [-0.3, -0.25) is 4.79 Å². The molecule has 0 aliphatic carbocycles. The molecule has 1 aliphatic rings. The molecule has 0 saturated carbocycles. The molecule has 2 rings (SSSR count). The van der Waals surface area contributed by atoms with Crippen molar-refractivity contribution in [1.29, 1.82) is 0 Å². The number of rotatable bonds is 4. The van der Waals surface area contributed by atoms with Crippen LogP contribution in [0.25, 0.3) is 0 Å². The van der Waals surface area contributed by atoms with Gasteiger partial charge in [0.25, 0.3) is 0 Å². The van der Waals surface area contributed by atoms with Gasteiger partial charge in [-0.15, -0.1) is 0 Å². The molecular formula is C20H29NO4. The van der Waals surface area contributed by atoms with E-state index in [0.29, 0.717) is 31.5 Å². The van der Waals surface area contributed by atoms with Gasteiger partial charge in [-0.05, 0) is 71.7 Å². The van der Waals surface area contributed by atoms with Crippen molar-refractivity contribution in [3.63, 3.8) is 0 Å². The highest BCUT2D eigenvalue weighted by Gasteiger charge is 2.30. The Balaban J connectivity index is 1.89. The minimum atomic E-state index is -0.496. The fourth-order valence-corrected chi connectivity index (χ4v) is 2.86. The molecule has 138 valence electrons. The zero-order chi connectivity index (χ0) is 18.6. The zero-order valence-electron chi connectivity index (χ0n) is 15.9. The molecule has 1 aliphatic heterocycles. The van der Waals surface area contributed by atoms with E-state index in [-0.39, 0.29) is 23.9 Å². The van der Waals surface area contributed by atoms with Crippen molar-refractivity contribution >= 4 is 11.9 Å². The van der Waals surface area contributed by atoms with E-state index < -0.39 is 5.60 Å². The maximum absolute atomic E-state index is 12.7. The lowest BCUT2D eigenvalue weighted by atomic mass is 9.89. The third-order valence-electron chi connectivity index (χ3n) is 4.03. The molecule has 5 nitrogen and oxygen atoms in total. The molecule has 0 radical (unpaired) electrons. The normalized spacial score (nSPS) is 16.0. The van der Waals surface area contributed by atoms with Gasteiger partial charge in [-0.2, -0.15) is 0 Å². The van der Waals surface area contributed by atoms with Gasteiger partial charge in [0, 0.05) is 24.6 Å². The Kier molecular flexibility index (Phi) is 6.09. The molecule has 0 aromatic heterocycles. The fourth-order valence-electron chi connectivity index (χ4n) is 2.86. The first-order valence-corrected chi connectivity index (χ1v) is 8.94. The number of Topliss-reactive ketones (excluding diaryl/α,β-unsaturated/α-hetero) is 1. The van der Waals surface area contributed by atoms with Crippen molar-refractivity contribution in [2.45, 2.75) is 59.2 Å². The van der Waals surface area contributed by atoms with Crippen LogP contribution < -0.4 is 4.74 Å². The Morgan fingerprint density at radius 1 is 1.08 bits per heavy atom. The molecule has 0 spiro atoms. The molecular weight excluding hydrogens is 318 g/mol. The van der Waals surface area contributed by atoms with E-state index in [1.165, 1.54) is 0 Å². The van der Waals surface area contributed by atoms with Crippen LogP contribution in [0, 0.1) is 5.92 Å². The van der Waals surface area contributed by atoms with Gasteiger partial charge < -0.3 is 14.4 Å². The van der Waals surface area contributed by atoms with Crippen molar-refractivity contribution in [2.75, 3.05) is 13.1 Å². The van der Waals surface area contributed by atoms with Crippen LogP contribution in [0.15, 0.2) is 24.3 Å². The van der Waals surface area contributed by atoms with Crippen LogP contribution in [-0.2, 0) is 4.74 Å². The number of piperidine rings is 1. The predicted molar refractivity (Wildman–Crippen MR) is 97.1 cm³/mol. The van der Waals surface area contributed by atoms with E-state index in [1.54, 1.807) is 4.90 Å². The third-order valence-corrected chi connectivity index (χ3v) is 4.03. The lowest BCUT2D eigenvalue weighted by Gasteiger charge is -2.33. The Hall–Kier alpha value is -2.04. The second-order valence-electron chi connectivity index (χ2n) is 7.80. The maximum Gasteiger partial charge on any atom is 0.410 e. The summed E-state index contributed by atoms with van der Waals surface area (Å²) in [5.41, 5.74) is 0.204. The van der Waals surface area contributed by atoms with Crippen LogP contribution in [0.3, 0.4) is 0 Å². The number of likely N-dealkylation sites (tertiary alicyclic amines) is 1. The quantitative estimate of drug-likeness (QED) is 0.762. The van der Waals surface area contributed by atoms with Crippen LogP contribution in [0.4, 0.5) is 4.79 Å². The highest BCUT2D eigenvalue weighted by atomic mass is 16.6. The monoisotopic (exact) mass is 347 g/mol. The molecule has 1 aromatic rings. The Morgan fingerprint density at radius 2 is 1.64 bits per heavy atom. The number of nitrogens with zero attached hydrogens (tertiary/aromatic N) is 1. The average molecular weight is 347 g/mol. The number of ketones is 1. The molecule has 1 fully saturated rings. The topological polar surface area (TPSA) is 55.8 Å². The van der Waals surface area contributed by atoms with Crippen molar-refractivity contribution in [1.82, 2.24) is 4.90 Å². The van der Waals surface area contributed by atoms with Crippen LogP contribution in [0.1, 0.15) is 57.8 Å². The highest BCUT2D eigenvalue weighted by molar-refractivity contribution is 5.98. The molecule has 1 amide bonds. The van der Waals surface area contributed by atoms with Crippen LogP contribution in [0.2, 0.25) is 0 Å². The Bertz CT molecular complexity index is 593. The van der Waals surface area contributed by atoms with Gasteiger partial charge in [0.1, 0.15) is 11.4 Å². The highest BCUT2D eigenvalue weighted by Crippen LogP contribution is 2.24. The van der Waals surface area contributed by atoms with Gasteiger partial charge in [0.2, 0.25) is 0 Å². The number of hydrogen-bond donors (Lipinski definition) is 0. The summed E-state index contributed by atoms with van der Waals surface area (Å²) in [7, 11) is 0. The summed E-state index contributed by atoms with van der Waals surface area (Å²) in [5.74, 6) is 0.863. The largest absolute Gasteiger partial charge is 0.491 e. The number of benzene rings is 1. The Labute approximate surface area is 150 Å². The second-order valence-corrected chi connectivity index (χ2v) is 7.80. The van der Waals surface area contributed by atoms with Gasteiger partial charge in [-0.1, -0.05) is 0 Å². The molecule has 0 unspecified atom stereocenters. The summed E-state index contributed by atoms with van der Waals surface area (Å²) < 4.78 is 11.0. The van der Waals surface area contributed by atoms with E-state index in [2.05, 4.69) is 0 Å². The van der Waals surface area contributed by atoms with Crippen molar-refractivity contribution in [3.8, 4) is 5.75 Å². The lowest BCUT2D eigenvalue weighted by molar-refractivity contribution is 0.0182. The molecule has 0 N–H and O–H groups in total. The first kappa shape index (κ1) is 19.3. The SMILES string of the molecule is CC(C)Oc1ccc(C(=O)C2CCN(C(=O)OC(C)(C)C)CC2)cc1. The number of carbonyl (C=O) groups is 2. The second kappa shape index (κ2) is 7.89. The molecule has 0 atom stereocenters. The molecule has 1 heterocycles. The van der Waals surface area contributed by atoms with Crippen molar-refractivity contribution in [2.24, 2.45) is 5.92 Å². The average Bonchev–Trinajstić information content (AvgIpc) is 2.53.